The number of hydrogen-bond donors (Lipinski definition) is 0. The molecule has 124 valence electrons. The number of aromatic nitrogens is 1. The minimum atomic E-state index is -0.554. The van der Waals surface area contributed by atoms with Crippen molar-refractivity contribution in [1.29, 1.82) is 0 Å². The highest BCUT2D eigenvalue weighted by Gasteiger charge is 2.20. The van der Waals surface area contributed by atoms with Gasteiger partial charge in [0.2, 0.25) is 0 Å². The number of rotatable bonds is 6. The Morgan fingerprint density at radius 2 is 2.08 bits per heavy atom. The standard InChI is InChI=1S/C17H16N2O4S/c1-3-22-11(2)23-15-9-8-12(10-14(15)19(20)21)17-18-13-6-4-5-7-16(13)24-17/h4-11H,3H2,1-2H3. The van der Waals surface area contributed by atoms with E-state index in [1.165, 1.54) is 17.4 Å². The molecule has 3 rings (SSSR count). The van der Waals surface area contributed by atoms with Gasteiger partial charge < -0.3 is 9.47 Å². The largest absolute Gasteiger partial charge is 0.458 e. The van der Waals surface area contributed by atoms with E-state index in [0.29, 0.717) is 12.2 Å². The van der Waals surface area contributed by atoms with Gasteiger partial charge in [0.05, 0.1) is 15.1 Å². The second kappa shape index (κ2) is 6.94. The molecule has 2 aromatic carbocycles. The molecular formula is C17H16N2O4S. The molecule has 0 N–H and O–H groups in total. The first-order chi connectivity index (χ1) is 11.6. The van der Waals surface area contributed by atoms with Crippen molar-refractivity contribution in [2.24, 2.45) is 0 Å². The summed E-state index contributed by atoms with van der Waals surface area (Å²) in [5.74, 6) is 0.186. The number of hydrogen-bond acceptors (Lipinski definition) is 6. The van der Waals surface area contributed by atoms with Crippen LogP contribution in [0.15, 0.2) is 42.5 Å². The van der Waals surface area contributed by atoms with Gasteiger partial charge in [0.15, 0.2) is 12.0 Å². The summed E-state index contributed by atoms with van der Waals surface area (Å²) in [6.45, 7) is 4.01. The molecule has 1 heterocycles. The molecule has 1 aromatic heterocycles. The predicted molar refractivity (Wildman–Crippen MR) is 93.4 cm³/mol. The van der Waals surface area contributed by atoms with Crippen LogP contribution in [0.1, 0.15) is 13.8 Å². The topological polar surface area (TPSA) is 74.5 Å². The Balaban J connectivity index is 1.97. The van der Waals surface area contributed by atoms with Crippen LogP contribution in [0.3, 0.4) is 0 Å². The molecule has 6 nitrogen and oxygen atoms in total. The van der Waals surface area contributed by atoms with Crippen molar-refractivity contribution in [3.63, 3.8) is 0 Å². The van der Waals surface area contributed by atoms with Gasteiger partial charge in [0, 0.05) is 18.2 Å². The maximum absolute atomic E-state index is 11.4. The number of fused-ring (bicyclic) bond motifs is 1. The Morgan fingerprint density at radius 1 is 1.29 bits per heavy atom. The fraction of sp³-hybridized carbons (Fsp3) is 0.235. The zero-order valence-corrected chi connectivity index (χ0v) is 14.1. The monoisotopic (exact) mass is 344 g/mol. The fourth-order valence-electron chi connectivity index (χ4n) is 2.34. The van der Waals surface area contributed by atoms with Crippen LogP contribution < -0.4 is 4.74 Å². The SMILES string of the molecule is CCOC(C)Oc1ccc(-c2nc3ccccc3s2)cc1[N+](=O)[O-]. The summed E-state index contributed by atoms with van der Waals surface area (Å²) in [6, 6.07) is 12.6. The van der Waals surface area contributed by atoms with Crippen LogP contribution in [-0.2, 0) is 4.74 Å². The number of nitrogens with zero attached hydrogens (tertiary/aromatic N) is 2. The quantitative estimate of drug-likeness (QED) is 0.370. The molecule has 1 unspecified atom stereocenters. The average Bonchev–Trinajstić information content (AvgIpc) is 2.99. The van der Waals surface area contributed by atoms with E-state index in [9.17, 15) is 10.1 Å². The van der Waals surface area contributed by atoms with Crippen LogP contribution in [0, 0.1) is 10.1 Å². The highest BCUT2D eigenvalue weighted by Crippen LogP contribution is 2.36. The Kier molecular flexibility index (Phi) is 4.73. The van der Waals surface area contributed by atoms with Crippen LogP contribution >= 0.6 is 11.3 Å². The molecule has 0 fully saturated rings. The maximum atomic E-state index is 11.4. The number of benzene rings is 2. The Bertz CT molecular complexity index is 845. The van der Waals surface area contributed by atoms with E-state index >= 15 is 0 Å². The summed E-state index contributed by atoms with van der Waals surface area (Å²) in [6.07, 6.45) is -0.554. The maximum Gasteiger partial charge on any atom is 0.311 e. The van der Waals surface area contributed by atoms with E-state index in [4.69, 9.17) is 9.47 Å². The predicted octanol–water partition coefficient (Wildman–Crippen LogP) is 4.63. The molecule has 1 atom stereocenters. The van der Waals surface area contributed by atoms with Gasteiger partial charge in [-0.25, -0.2) is 4.98 Å². The molecule has 0 bridgehead atoms. The lowest BCUT2D eigenvalue weighted by molar-refractivity contribution is -0.386. The van der Waals surface area contributed by atoms with E-state index in [0.717, 1.165) is 15.2 Å². The number of thiazole rings is 1. The average molecular weight is 344 g/mol. The normalized spacial score (nSPS) is 12.2. The molecule has 24 heavy (non-hydrogen) atoms. The Morgan fingerprint density at radius 3 is 2.79 bits per heavy atom. The van der Waals surface area contributed by atoms with Crippen LogP contribution in [0.25, 0.3) is 20.8 Å². The molecule has 0 radical (unpaired) electrons. The molecule has 0 aliphatic heterocycles. The summed E-state index contributed by atoms with van der Waals surface area (Å²) in [4.78, 5) is 15.5. The summed E-state index contributed by atoms with van der Waals surface area (Å²) in [7, 11) is 0. The lowest BCUT2D eigenvalue weighted by atomic mass is 10.2. The molecular weight excluding hydrogens is 328 g/mol. The van der Waals surface area contributed by atoms with Crippen LogP contribution in [0.2, 0.25) is 0 Å². The molecule has 0 saturated carbocycles. The third kappa shape index (κ3) is 3.37. The molecule has 0 aliphatic carbocycles. The van der Waals surface area contributed by atoms with E-state index < -0.39 is 11.2 Å². The van der Waals surface area contributed by atoms with Gasteiger partial charge in [-0.05, 0) is 38.1 Å². The number of para-hydroxylation sites is 1. The minimum absolute atomic E-state index is 0.0988. The lowest BCUT2D eigenvalue weighted by Gasteiger charge is -2.14. The second-order valence-electron chi connectivity index (χ2n) is 5.07. The third-order valence-electron chi connectivity index (χ3n) is 3.39. The first-order valence-electron chi connectivity index (χ1n) is 7.51. The van der Waals surface area contributed by atoms with Crippen molar-refractivity contribution in [2.75, 3.05) is 6.61 Å². The summed E-state index contributed by atoms with van der Waals surface area (Å²) in [5, 5.41) is 12.1. The van der Waals surface area contributed by atoms with Gasteiger partial charge in [-0.1, -0.05) is 12.1 Å². The van der Waals surface area contributed by atoms with Crippen molar-refractivity contribution in [2.45, 2.75) is 20.1 Å². The zero-order valence-electron chi connectivity index (χ0n) is 13.3. The van der Waals surface area contributed by atoms with Crippen LogP contribution in [-0.4, -0.2) is 22.8 Å². The van der Waals surface area contributed by atoms with Gasteiger partial charge in [-0.2, -0.15) is 0 Å². The van der Waals surface area contributed by atoms with Crippen molar-refractivity contribution in [3.8, 4) is 16.3 Å². The zero-order chi connectivity index (χ0) is 17.1. The van der Waals surface area contributed by atoms with Gasteiger partial charge in [0.25, 0.3) is 0 Å². The van der Waals surface area contributed by atoms with Crippen LogP contribution in [0.5, 0.6) is 5.75 Å². The molecule has 0 spiro atoms. The minimum Gasteiger partial charge on any atom is -0.458 e. The molecule has 3 aromatic rings. The first-order valence-corrected chi connectivity index (χ1v) is 8.32. The summed E-state index contributed by atoms with van der Waals surface area (Å²) in [5.41, 5.74) is 1.48. The molecule has 0 amide bonds. The molecule has 0 aliphatic rings. The number of nitro benzene ring substituents is 1. The molecule has 0 saturated heterocycles. The van der Waals surface area contributed by atoms with Crippen molar-refractivity contribution < 1.29 is 14.4 Å². The highest BCUT2D eigenvalue weighted by atomic mass is 32.1. The smallest absolute Gasteiger partial charge is 0.311 e. The van der Waals surface area contributed by atoms with Gasteiger partial charge >= 0.3 is 5.69 Å². The van der Waals surface area contributed by atoms with E-state index in [1.807, 2.05) is 31.2 Å². The van der Waals surface area contributed by atoms with E-state index in [2.05, 4.69) is 4.98 Å². The van der Waals surface area contributed by atoms with Gasteiger partial charge in [-0.3, -0.25) is 10.1 Å². The lowest BCUT2D eigenvalue weighted by Crippen LogP contribution is -2.16. The summed E-state index contributed by atoms with van der Waals surface area (Å²) >= 11 is 1.50. The highest BCUT2D eigenvalue weighted by molar-refractivity contribution is 7.21. The Hall–Kier alpha value is -2.51. The van der Waals surface area contributed by atoms with E-state index in [-0.39, 0.29) is 11.4 Å². The first kappa shape index (κ1) is 16.4. The second-order valence-corrected chi connectivity index (χ2v) is 6.10. The van der Waals surface area contributed by atoms with Crippen LogP contribution in [0.4, 0.5) is 5.69 Å². The van der Waals surface area contributed by atoms with Crippen molar-refractivity contribution >= 4 is 27.2 Å². The fourth-order valence-corrected chi connectivity index (χ4v) is 3.30. The number of ether oxygens (including phenoxy) is 2. The Labute approximate surface area is 142 Å². The van der Waals surface area contributed by atoms with E-state index in [1.54, 1.807) is 19.1 Å². The number of nitro groups is 1. The van der Waals surface area contributed by atoms with Crippen molar-refractivity contribution in [1.82, 2.24) is 4.98 Å². The van der Waals surface area contributed by atoms with Crippen molar-refractivity contribution in [3.05, 3.63) is 52.6 Å². The third-order valence-corrected chi connectivity index (χ3v) is 4.48. The van der Waals surface area contributed by atoms with Gasteiger partial charge in [0.1, 0.15) is 5.01 Å². The molecule has 7 heteroatoms. The summed E-state index contributed by atoms with van der Waals surface area (Å²) < 4.78 is 11.8. The van der Waals surface area contributed by atoms with Gasteiger partial charge in [-0.15, -0.1) is 11.3 Å².